The largest absolute Gasteiger partial charge is 0.489 e. The SMILES string of the molecule is O=C(O)CCCCN(CCc1cc(-c2ccc(F)cc2F)ccc1OCc1ccc(-c2ccc(C(F)(F)F)cc2)cc1)Cc1ccc(C(=O)O)cc1. The average molecular weight is 718 g/mol. The van der Waals surface area contributed by atoms with Crippen LogP contribution >= 0.6 is 0 Å². The van der Waals surface area contributed by atoms with E-state index in [0.29, 0.717) is 55.8 Å². The van der Waals surface area contributed by atoms with E-state index in [1.165, 1.54) is 36.4 Å². The summed E-state index contributed by atoms with van der Waals surface area (Å²) < 4.78 is 73.7. The lowest BCUT2D eigenvalue weighted by Gasteiger charge is -2.23. The molecule has 0 saturated carbocycles. The van der Waals surface area contributed by atoms with Gasteiger partial charge < -0.3 is 14.9 Å². The minimum Gasteiger partial charge on any atom is -0.489 e. The van der Waals surface area contributed by atoms with Crippen LogP contribution in [0.2, 0.25) is 0 Å². The number of aliphatic carboxylic acids is 1. The molecule has 52 heavy (non-hydrogen) atoms. The summed E-state index contributed by atoms with van der Waals surface area (Å²) in [5.74, 6) is -2.78. The molecule has 5 aromatic rings. The van der Waals surface area contributed by atoms with Crippen LogP contribution in [0.3, 0.4) is 0 Å². The summed E-state index contributed by atoms with van der Waals surface area (Å²) in [4.78, 5) is 24.6. The number of benzene rings is 5. The van der Waals surface area contributed by atoms with E-state index >= 15 is 0 Å². The third kappa shape index (κ3) is 10.5. The second-order valence-corrected chi connectivity index (χ2v) is 12.4. The van der Waals surface area contributed by atoms with Gasteiger partial charge in [-0.3, -0.25) is 9.69 Å². The summed E-state index contributed by atoms with van der Waals surface area (Å²) in [7, 11) is 0. The predicted octanol–water partition coefficient (Wildman–Crippen LogP) is 9.89. The van der Waals surface area contributed by atoms with Gasteiger partial charge in [-0.25, -0.2) is 13.6 Å². The maximum Gasteiger partial charge on any atom is 0.416 e. The van der Waals surface area contributed by atoms with Crippen LogP contribution in [0.1, 0.15) is 51.9 Å². The van der Waals surface area contributed by atoms with Crippen LogP contribution < -0.4 is 4.74 Å². The van der Waals surface area contributed by atoms with Crippen LogP contribution in [0.25, 0.3) is 22.3 Å². The minimum atomic E-state index is -4.42. The van der Waals surface area contributed by atoms with E-state index in [1.807, 2.05) is 12.1 Å². The van der Waals surface area contributed by atoms with Crippen LogP contribution in [0.4, 0.5) is 22.0 Å². The lowest BCUT2D eigenvalue weighted by molar-refractivity contribution is -0.138. The Hall–Kier alpha value is -5.55. The summed E-state index contributed by atoms with van der Waals surface area (Å²) in [5, 5.41) is 18.4. The molecular weight excluding hydrogens is 681 g/mol. The fraction of sp³-hybridized carbons (Fsp3) is 0.220. The maximum atomic E-state index is 14.8. The first kappa shape index (κ1) is 37.7. The number of carboxylic acids is 2. The molecule has 0 atom stereocenters. The molecule has 0 unspecified atom stereocenters. The fourth-order valence-corrected chi connectivity index (χ4v) is 5.78. The molecule has 0 bridgehead atoms. The van der Waals surface area contributed by atoms with Crippen LogP contribution in [0.5, 0.6) is 5.75 Å². The van der Waals surface area contributed by atoms with Crippen molar-refractivity contribution < 1.29 is 46.5 Å². The summed E-state index contributed by atoms with van der Waals surface area (Å²) in [5.41, 5.74) is 4.00. The zero-order valence-corrected chi connectivity index (χ0v) is 28.0. The number of aromatic carboxylic acids is 1. The van der Waals surface area contributed by atoms with Crippen molar-refractivity contribution in [3.05, 3.63) is 149 Å². The molecular formula is C41H36F5NO5. The number of hydrogen-bond donors (Lipinski definition) is 2. The second kappa shape index (κ2) is 17.1. The fourth-order valence-electron chi connectivity index (χ4n) is 5.78. The molecule has 6 nitrogen and oxygen atoms in total. The van der Waals surface area contributed by atoms with Gasteiger partial charge in [0.25, 0.3) is 0 Å². The molecule has 270 valence electrons. The molecule has 0 aliphatic rings. The lowest BCUT2D eigenvalue weighted by Crippen LogP contribution is -2.27. The molecule has 0 heterocycles. The second-order valence-electron chi connectivity index (χ2n) is 12.4. The molecule has 2 N–H and O–H groups in total. The van der Waals surface area contributed by atoms with Gasteiger partial charge in [0, 0.05) is 31.1 Å². The third-order valence-electron chi connectivity index (χ3n) is 8.62. The minimum absolute atomic E-state index is 0.0374. The summed E-state index contributed by atoms with van der Waals surface area (Å²) >= 11 is 0. The van der Waals surface area contributed by atoms with Crippen LogP contribution in [-0.4, -0.2) is 40.1 Å². The van der Waals surface area contributed by atoms with E-state index in [9.17, 15) is 36.6 Å². The molecule has 5 aromatic carbocycles. The Morgan fingerprint density at radius 3 is 1.94 bits per heavy atom. The van der Waals surface area contributed by atoms with Gasteiger partial charge in [-0.1, -0.05) is 54.6 Å². The summed E-state index contributed by atoms with van der Waals surface area (Å²) in [6.07, 6.45) is -2.83. The van der Waals surface area contributed by atoms with Crippen molar-refractivity contribution in [1.82, 2.24) is 4.90 Å². The Morgan fingerprint density at radius 2 is 1.33 bits per heavy atom. The van der Waals surface area contributed by atoms with Crippen molar-refractivity contribution in [3.8, 4) is 28.0 Å². The highest BCUT2D eigenvalue weighted by atomic mass is 19.4. The molecule has 0 fully saturated rings. The smallest absolute Gasteiger partial charge is 0.416 e. The predicted molar refractivity (Wildman–Crippen MR) is 187 cm³/mol. The first-order valence-corrected chi connectivity index (χ1v) is 16.6. The zero-order chi connectivity index (χ0) is 37.3. The van der Waals surface area contributed by atoms with Gasteiger partial charge in [-0.15, -0.1) is 0 Å². The van der Waals surface area contributed by atoms with E-state index < -0.39 is 35.3 Å². The summed E-state index contributed by atoms with van der Waals surface area (Å²) in [6, 6.07) is 27.3. The quantitative estimate of drug-likeness (QED) is 0.0781. The van der Waals surface area contributed by atoms with E-state index in [-0.39, 0.29) is 24.2 Å². The number of halogens is 5. The molecule has 0 aliphatic carbocycles. The highest BCUT2D eigenvalue weighted by molar-refractivity contribution is 5.87. The molecule has 0 amide bonds. The Balaban J connectivity index is 1.35. The van der Waals surface area contributed by atoms with Gasteiger partial charge in [-0.2, -0.15) is 13.2 Å². The number of ether oxygens (including phenoxy) is 1. The number of carboxylic acid groups (broad SMARTS) is 2. The van der Waals surface area contributed by atoms with Crippen molar-refractivity contribution in [3.63, 3.8) is 0 Å². The number of alkyl halides is 3. The monoisotopic (exact) mass is 717 g/mol. The van der Waals surface area contributed by atoms with Gasteiger partial charge >= 0.3 is 18.1 Å². The zero-order valence-electron chi connectivity index (χ0n) is 28.0. The number of nitrogens with zero attached hydrogens (tertiary/aromatic N) is 1. The Bertz CT molecular complexity index is 1980. The standard InChI is InChI=1S/C41H36F5NO5/c42-35-17-18-36(37(43)24-35)32-14-19-38(52-26-28-6-8-29(9-7-28)30-12-15-34(16-13-30)41(44,45)46)33(23-32)20-22-47(21-2-1-3-39(48)49)25-27-4-10-31(11-5-27)40(50)51/h4-19,23-24H,1-3,20-22,25-26H2,(H,48,49)(H,50,51). The Labute approximate surface area is 297 Å². The van der Waals surface area contributed by atoms with Crippen molar-refractivity contribution >= 4 is 11.9 Å². The van der Waals surface area contributed by atoms with E-state index in [4.69, 9.17) is 9.84 Å². The lowest BCUT2D eigenvalue weighted by atomic mass is 10.00. The van der Waals surface area contributed by atoms with Crippen molar-refractivity contribution in [2.24, 2.45) is 0 Å². The first-order chi connectivity index (χ1) is 24.9. The van der Waals surface area contributed by atoms with Crippen LogP contribution in [-0.2, 0) is 30.5 Å². The van der Waals surface area contributed by atoms with Gasteiger partial charge in [0.2, 0.25) is 0 Å². The number of hydrogen-bond acceptors (Lipinski definition) is 4. The molecule has 0 aromatic heterocycles. The molecule has 0 radical (unpaired) electrons. The van der Waals surface area contributed by atoms with Crippen LogP contribution in [0, 0.1) is 11.6 Å². The third-order valence-corrected chi connectivity index (χ3v) is 8.62. The number of carbonyl (C=O) groups is 2. The molecule has 11 heteroatoms. The number of rotatable bonds is 16. The van der Waals surface area contributed by atoms with Crippen LogP contribution in [0.15, 0.2) is 109 Å². The van der Waals surface area contributed by atoms with Crippen molar-refractivity contribution in [2.75, 3.05) is 13.1 Å². The molecule has 0 spiro atoms. The van der Waals surface area contributed by atoms with E-state index in [2.05, 4.69) is 4.90 Å². The number of unbranched alkanes of at least 4 members (excludes halogenated alkanes) is 1. The highest BCUT2D eigenvalue weighted by Crippen LogP contribution is 2.32. The Kier molecular flexibility index (Phi) is 12.4. The van der Waals surface area contributed by atoms with Gasteiger partial charge in [0.05, 0.1) is 11.1 Å². The normalized spacial score (nSPS) is 11.5. The van der Waals surface area contributed by atoms with Gasteiger partial charge in [0.15, 0.2) is 0 Å². The molecule has 5 rings (SSSR count). The van der Waals surface area contributed by atoms with Crippen molar-refractivity contribution in [1.29, 1.82) is 0 Å². The van der Waals surface area contributed by atoms with Crippen molar-refractivity contribution in [2.45, 2.75) is 45.0 Å². The summed E-state index contributed by atoms with van der Waals surface area (Å²) in [6.45, 7) is 1.71. The molecule has 0 aliphatic heterocycles. The maximum absolute atomic E-state index is 14.8. The topological polar surface area (TPSA) is 87.1 Å². The van der Waals surface area contributed by atoms with Gasteiger partial charge in [0.1, 0.15) is 24.0 Å². The first-order valence-electron chi connectivity index (χ1n) is 16.6. The van der Waals surface area contributed by atoms with Gasteiger partial charge in [-0.05, 0) is 108 Å². The highest BCUT2D eigenvalue weighted by Gasteiger charge is 2.30. The molecule has 0 saturated heterocycles. The Morgan fingerprint density at radius 1 is 0.692 bits per heavy atom. The van der Waals surface area contributed by atoms with E-state index in [1.54, 1.807) is 42.5 Å². The average Bonchev–Trinajstić information content (AvgIpc) is 3.11. The van der Waals surface area contributed by atoms with E-state index in [0.717, 1.165) is 40.5 Å².